The number of hydrogen-bond donors (Lipinski definition) is 4. The summed E-state index contributed by atoms with van der Waals surface area (Å²) in [5, 5.41) is 16.2. The molecule has 6 N–H and O–H groups in total. The lowest BCUT2D eigenvalue weighted by molar-refractivity contribution is -0.139. The fourth-order valence-electron chi connectivity index (χ4n) is 0.609. The molecular formula is C9H20N2O4. The molecule has 0 aliphatic carbocycles. The summed E-state index contributed by atoms with van der Waals surface area (Å²) in [6.45, 7) is 5.31. The van der Waals surface area contributed by atoms with Crippen LogP contribution in [0.1, 0.15) is 27.2 Å². The molecule has 0 rings (SSSR count). The van der Waals surface area contributed by atoms with Gasteiger partial charge >= 0.3 is 11.9 Å². The van der Waals surface area contributed by atoms with Gasteiger partial charge in [0.1, 0.15) is 12.1 Å². The molecule has 0 aromatic heterocycles. The Morgan fingerprint density at radius 1 is 1.07 bits per heavy atom. The van der Waals surface area contributed by atoms with Crippen LogP contribution in [0, 0.1) is 5.92 Å². The molecule has 0 amide bonds. The van der Waals surface area contributed by atoms with Gasteiger partial charge in [-0.3, -0.25) is 9.59 Å². The first-order valence-electron chi connectivity index (χ1n) is 4.65. The molecule has 0 heterocycles. The minimum absolute atomic E-state index is 0.357. The number of carboxylic acids is 2. The van der Waals surface area contributed by atoms with Crippen molar-refractivity contribution >= 4 is 11.9 Å². The quantitative estimate of drug-likeness (QED) is 0.522. The highest BCUT2D eigenvalue weighted by molar-refractivity contribution is 5.73. The Balaban J connectivity index is 0. The fraction of sp³-hybridized carbons (Fsp3) is 0.778. The molecule has 0 aromatic carbocycles. The van der Waals surface area contributed by atoms with Crippen molar-refractivity contribution in [1.29, 1.82) is 0 Å². The highest BCUT2D eigenvalue weighted by atomic mass is 16.4. The van der Waals surface area contributed by atoms with Crippen LogP contribution < -0.4 is 11.5 Å². The van der Waals surface area contributed by atoms with Crippen LogP contribution in [0.2, 0.25) is 0 Å². The minimum Gasteiger partial charge on any atom is -0.480 e. The predicted octanol–water partition coefficient (Wildman–Crippen LogP) is -0.137. The summed E-state index contributed by atoms with van der Waals surface area (Å²) in [6.07, 6.45) is 0.551. The van der Waals surface area contributed by atoms with E-state index in [2.05, 4.69) is 0 Å². The van der Waals surface area contributed by atoms with Crippen LogP contribution >= 0.6 is 0 Å². The van der Waals surface area contributed by atoms with Gasteiger partial charge < -0.3 is 21.7 Å². The van der Waals surface area contributed by atoms with E-state index in [0.717, 1.165) is 0 Å². The number of hydrogen-bond acceptors (Lipinski definition) is 4. The van der Waals surface area contributed by atoms with E-state index < -0.39 is 24.0 Å². The largest absolute Gasteiger partial charge is 0.480 e. The maximum Gasteiger partial charge on any atom is 0.320 e. The summed E-state index contributed by atoms with van der Waals surface area (Å²) in [6, 6.07) is -1.42. The van der Waals surface area contributed by atoms with Crippen molar-refractivity contribution in [2.75, 3.05) is 0 Å². The molecule has 0 saturated carbocycles. The van der Waals surface area contributed by atoms with Gasteiger partial charge in [-0.15, -0.1) is 0 Å². The summed E-state index contributed by atoms with van der Waals surface area (Å²) in [4.78, 5) is 19.7. The van der Waals surface area contributed by atoms with Gasteiger partial charge in [0.2, 0.25) is 0 Å². The summed E-state index contributed by atoms with van der Waals surface area (Å²) in [7, 11) is 0. The van der Waals surface area contributed by atoms with E-state index in [4.69, 9.17) is 21.7 Å². The molecular weight excluding hydrogens is 200 g/mol. The van der Waals surface area contributed by atoms with Crippen LogP contribution in [0.3, 0.4) is 0 Å². The zero-order valence-electron chi connectivity index (χ0n) is 9.30. The molecule has 90 valence electrons. The number of carboxylic acid groups (broad SMARTS) is 2. The minimum atomic E-state index is -0.963. The average molecular weight is 220 g/mol. The van der Waals surface area contributed by atoms with Gasteiger partial charge in [-0.2, -0.15) is 0 Å². The molecule has 0 saturated heterocycles. The second kappa shape index (κ2) is 8.19. The molecule has 0 aromatic rings. The van der Waals surface area contributed by atoms with Gasteiger partial charge in [0, 0.05) is 0 Å². The Morgan fingerprint density at radius 2 is 1.40 bits per heavy atom. The van der Waals surface area contributed by atoms with Crippen molar-refractivity contribution in [1.82, 2.24) is 0 Å². The van der Waals surface area contributed by atoms with E-state index in [-0.39, 0.29) is 0 Å². The highest BCUT2D eigenvalue weighted by Gasteiger charge is 2.11. The summed E-state index contributed by atoms with van der Waals surface area (Å²) >= 11 is 0. The highest BCUT2D eigenvalue weighted by Crippen LogP contribution is 2.01. The van der Waals surface area contributed by atoms with Crippen molar-refractivity contribution in [3.8, 4) is 0 Å². The van der Waals surface area contributed by atoms with Crippen LogP contribution in [-0.4, -0.2) is 34.2 Å². The lowest BCUT2D eigenvalue weighted by Crippen LogP contribution is -2.31. The second-order valence-electron chi connectivity index (χ2n) is 3.70. The monoisotopic (exact) mass is 220 g/mol. The predicted molar refractivity (Wildman–Crippen MR) is 56.4 cm³/mol. The van der Waals surface area contributed by atoms with Crippen molar-refractivity contribution in [3.05, 3.63) is 0 Å². The first kappa shape index (κ1) is 16.3. The van der Waals surface area contributed by atoms with E-state index in [0.29, 0.717) is 12.3 Å². The first-order valence-corrected chi connectivity index (χ1v) is 4.65. The summed E-state index contributed by atoms with van der Waals surface area (Å²) < 4.78 is 0. The fourth-order valence-corrected chi connectivity index (χ4v) is 0.609. The van der Waals surface area contributed by atoms with Gasteiger partial charge in [0.25, 0.3) is 0 Å². The van der Waals surface area contributed by atoms with E-state index >= 15 is 0 Å². The molecule has 0 aliphatic heterocycles. The first-order chi connectivity index (χ1) is 6.68. The maximum absolute atomic E-state index is 10.1. The van der Waals surface area contributed by atoms with Crippen molar-refractivity contribution in [2.24, 2.45) is 17.4 Å². The molecule has 0 unspecified atom stereocenters. The van der Waals surface area contributed by atoms with Gasteiger partial charge in [-0.05, 0) is 19.3 Å². The maximum atomic E-state index is 10.1. The van der Waals surface area contributed by atoms with Gasteiger partial charge in [-0.1, -0.05) is 13.8 Å². The molecule has 0 spiro atoms. The van der Waals surface area contributed by atoms with Crippen molar-refractivity contribution < 1.29 is 19.8 Å². The summed E-state index contributed by atoms with van der Waals surface area (Å²) in [5.41, 5.74) is 10.1. The van der Waals surface area contributed by atoms with E-state index in [1.54, 1.807) is 0 Å². The van der Waals surface area contributed by atoms with Gasteiger partial charge in [0.05, 0.1) is 0 Å². The van der Waals surface area contributed by atoms with E-state index in [9.17, 15) is 9.59 Å². The van der Waals surface area contributed by atoms with Gasteiger partial charge in [0.15, 0.2) is 0 Å². The topological polar surface area (TPSA) is 127 Å². The van der Waals surface area contributed by atoms with Crippen LogP contribution in [0.5, 0.6) is 0 Å². The Labute approximate surface area is 89.3 Å². The third-order valence-electron chi connectivity index (χ3n) is 1.43. The van der Waals surface area contributed by atoms with Crippen LogP contribution in [0.25, 0.3) is 0 Å². The third kappa shape index (κ3) is 12.9. The molecule has 0 bridgehead atoms. The number of rotatable bonds is 4. The van der Waals surface area contributed by atoms with Crippen molar-refractivity contribution in [2.45, 2.75) is 39.3 Å². The Bertz CT molecular complexity index is 204. The number of nitrogens with two attached hydrogens (primary N) is 2. The molecule has 0 fully saturated rings. The molecule has 2 atom stereocenters. The Morgan fingerprint density at radius 3 is 1.47 bits per heavy atom. The smallest absolute Gasteiger partial charge is 0.320 e. The molecule has 6 heteroatoms. The zero-order valence-corrected chi connectivity index (χ0v) is 9.30. The average Bonchev–Trinajstić information content (AvgIpc) is 2.03. The van der Waals surface area contributed by atoms with Crippen LogP contribution in [-0.2, 0) is 9.59 Å². The normalized spacial score (nSPS) is 13.7. The molecule has 0 radical (unpaired) electrons. The Hall–Kier alpha value is -1.14. The third-order valence-corrected chi connectivity index (χ3v) is 1.43. The van der Waals surface area contributed by atoms with Crippen molar-refractivity contribution in [3.63, 3.8) is 0 Å². The van der Waals surface area contributed by atoms with Gasteiger partial charge in [-0.25, -0.2) is 0 Å². The second-order valence-corrected chi connectivity index (χ2v) is 3.70. The molecule has 0 aliphatic rings. The van der Waals surface area contributed by atoms with Crippen LogP contribution in [0.4, 0.5) is 0 Å². The lowest BCUT2D eigenvalue weighted by atomic mass is 10.1. The lowest BCUT2D eigenvalue weighted by Gasteiger charge is -2.07. The molecule has 15 heavy (non-hydrogen) atoms. The standard InChI is InChI=1S/C6H13NO2.C3H7NO2/c1-4(2)3-5(7)6(8)9;1-2(4)3(5)6/h4-5H,3,7H2,1-2H3,(H,8,9);2H,4H2,1H3,(H,5,6)/t5-;2-/m11/s1. The number of aliphatic carboxylic acids is 2. The van der Waals surface area contributed by atoms with E-state index in [1.165, 1.54) is 6.92 Å². The van der Waals surface area contributed by atoms with E-state index in [1.807, 2.05) is 13.8 Å². The van der Waals surface area contributed by atoms with Crippen LogP contribution in [0.15, 0.2) is 0 Å². The summed E-state index contributed by atoms with van der Waals surface area (Å²) in [5.74, 6) is -1.52. The molecule has 6 nitrogen and oxygen atoms in total. The zero-order chi connectivity index (χ0) is 12.6. The number of carbonyl (C=O) groups is 2. The Kier molecular flexibility index (Phi) is 8.90. The SMILES string of the molecule is CC(C)C[C@@H](N)C(=O)O.C[C@@H](N)C(=O)O.